The zero-order valence-electron chi connectivity index (χ0n) is 7.07. The Kier molecular flexibility index (Phi) is 1.55. The molecule has 0 aliphatic carbocycles. The lowest BCUT2D eigenvalue weighted by molar-refractivity contribution is -0.383. The van der Waals surface area contributed by atoms with Crippen molar-refractivity contribution in [3.8, 4) is 0 Å². The van der Waals surface area contributed by atoms with E-state index in [9.17, 15) is 10.1 Å². The van der Waals surface area contributed by atoms with Gasteiger partial charge in [-0.25, -0.2) is 0 Å². The fraction of sp³-hybridized carbons (Fsp3) is 0.111. The maximum Gasteiger partial charge on any atom is 0.297 e. The number of hydrogen-bond donors (Lipinski definition) is 1. The molecule has 0 atom stereocenters. The minimum Gasteiger partial charge on any atom is -0.353 e. The highest BCUT2D eigenvalue weighted by Gasteiger charge is 2.17. The topological polar surface area (TPSA) is 58.9 Å². The molecule has 0 saturated carbocycles. The highest BCUT2D eigenvalue weighted by atomic mass is 16.6. The van der Waals surface area contributed by atoms with Crippen LogP contribution in [0.4, 0.5) is 5.69 Å². The third kappa shape index (κ3) is 1.07. The SMILES string of the molecule is Cc1[nH]c2ccccc2c1[N+](=O)[O-]. The van der Waals surface area contributed by atoms with Crippen molar-refractivity contribution in [2.75, 3.05) is 0 Å². The summed E-state index contributed by atoms with van der Waals surface area (Å²) in [7, 11) is 0. The van der Waals surface area contributed by atoms with E-state index in [0.717, 1.165) is 5.52 Å². The van der Waals surface area contributed by atoms with Crippen LogP contribution < -0.4 is 0 Å². The van der Waals surface area contributed by atoms with E-state index in [2.05, 4.69) is 4.98 Å². The smallest absolute Gasteiger partial charge is 0.297 e. The van der Waals surface area contributed by atoms with Crippen LogP contribution in [-0.4, -0.2) is 9.91 Å². The largest absolute Gasteiger partial charge is 0.353 e. The van der Waals surface area contributed by atoms with Gasteiger partial charge in [0.25, 0.3) is 5.69 Å². The van der Waals surface area contributed by atoms with E-state index in [1.54, 1.807) is 19.1 Å². The Hall–Kier alpha value is -1.84. The quantitative estimate of drug-likeness (QED) is 0.535. The number of aryl methyl sites for hydroxylation is 1. The Morgan fingerprint density at radius 2 is 2.08 bits per heavy atom. The zero-order chi connectivity index (χ0) is 9.42. The second-order valence-corrected chi connectivity index (χ2v) is 2.90. The van der Waals surface area contributed by atoms with E-state index < -0.39 is 0 Å². The molecule has 13 heavy (non-hydrogen) atoms. The Balaban J connectivity index is 2.86. The number of nitrogens with one attached hydrogen (secondary N) is 1. The van der Waals surface area contributed by atoms with Crippen LogP contribution in [0, 0.1) is 17.0 Å². The van der Waals surface area contributed by atoms with Crippen molar-refractivity contribution in [3.05, 3.63) is 40.1 Å². The van der Waals surface area contributed by atoms with Crippen LogP contribution in [0.2, 0.25) is 0 Å². The standard InChI is InChI=1S/C9H8N2O2/c1-6-9(11(12)13)7-4-2-3-5-8(7)10-6/h2-5,10H,1H3. The van der Waals surface area contributed by atoms with Crippen molar-refractivity contribution >= 4 is 16.6 Å². The third-order valence-corrected chi connectivity index (χ3v) is 2.04. The first-order valence-corrected chi connectivity index (χ1v) is 3.92. The number of aromatic nitrogens is 1. The maximum absolute atomic E-state index is 10.7. The van der Waals surface area contributed by atoms with Gasteiger partial charge in [0.15, 0.2) is 0 Å². The molecule has 1 N–H and O–H groups in total. The number of H-pyrrole nitrogens is 1. The predicted molar refractivity (Wildman–Crippen MR) is 49.7 cm³/mol. The first-order valence-electron chi connectivity index (χ1n) is 3.92. The van der Waals surface area contributed by atoms with E-state index in [1.165, 1.54) is 0 Å². The number of rotatable bonds is 1. The zero-order valence-corrected chi connectivity index (χ0v) is 7.07. The number of nitrogens with zero attached hydrogens (tertiary/aromatic N) is 1. The highest BCUT2D eigenvalue weighted by molar-refractivity contribution is 5.90. The average molecular weight is 176 g/mol. The summed E-state index contributed by atoms with van der Waals surface area (Å²) in [4.78, 5) is 13.3. The van der Waals surface area contributed by atoms with Gasteiger partial charge in [-0.3, -0.25) is 10.1 Å². The molecule has 1 aromatic heterocycles. The molecular weight excluding hydrogens is 168 g/mol. The van der Waals surface area contributed by atoms with Gasteiger partial charge in [-0.2, -0.15) is 0 Å². The summed E-state index contributed by atoms with van der Waals surface area (Å²) in [6.07, 6.45) is 0. The van der Waals surface area contributed by atoms with Crippen LogP contribution in [0.1, 0.15) is 5.69 Å². The number of fused-ring (bicyclic) bond motifs is 1. The van der Waals surface area contributed by atoms with Gasteiger partial charge in [0.05, 0.1) is 21.5 Å². The molecular formula is C9H8N2O2. The number of benzene rings is 1. The second kappa shape index (κ2) is 2.58. The van der Waals surface area contributed by atoms with Gasteiger partial charge in [0, 0.05) is 0 Å². The summed E-state index contributed by atoms with van der Waals surface area (Å²) in [5.74, 6) is 0. The van der Waals surface area contributed by atoms with E-state index in [4.69, 9.17) is 0 Å². The monoisotopic (exact) mass is 176 g/mol. The molecule has 4 nitrogen and oxygen atoms in total. The summed E-state index contributed by atoms with van der Waals surface area (Å²) in [6, 6.07) is 7.22. The lowest BCUT2D eigenvalue weighted by Crippen LogP contribution is -1.87. The fourth-order valence-electron chi connectivity index (χ4n) is 1.50. The Morgan fingerprint density at radius 1 is 1.38 bits per heavy atom. The lowest BCUT2D eigenvalue weighted by Gasteiger charge is -1.88. The van der Waals surface area contributed by atoms with E-state index in [1.807, 2.05) is 12.1 Å². The molecule has 1 heterocycles. The van der Waals surface area contributed by atoms with Gasteiger partial charge < -0.3 is 4.98 Å². The first kappa shape index (κ1) is 7.79. The molecule has 0 saturated heterocycles. The summed E-state index contributed by atoms with van der Waals surface area (Å²) < 4.78 is 0. The van der Waals surface area contributed by atoms with Crippen molar-refractivity contribution in [2.24, 2.45) is 0 Å². The third-order valence-electron chi connectivity index (χ3n) is 2.04. The molecule has 0 spiro atoms. The molecule has 4 heteroatoms. The second-order valence-electron chi connectivity index (χ2n) is 2.90. The molecule has 2 aromatic rings. The molecule has 2 rings (SSSR count). The average Bonchev–Trinajstić information content (AvgIpc) is 2.39. The van der Waals surface area contributed by atoms with Crippen molar-refractivity contribution < 1.29 is 4.92 Å². The molecule has 0 fully saturated rings. The number of aromatic amines is 1. The van der Waals surface area contributed by atoms with Gasteiger partial charge in [-0.1, -0.05) is 12.1 Å². The molecule has 66 valence electrons. The molecule has 0 amide bonds. The molecule has 0 aliphatic rings. The Morgan fingerprint density at radius 3 is 2.77 bits per heavy atom. The summed E-state index contributed by atoms with van der Waals surface area (Å²) in [5.41, 5.74) is 1.59. The van der Waals surface area contributed by atoms with Crippen LogP contribution >= 0.6 is 0 Å². The summed E-state index contributed by atoms with van der Waals surface area (Å²) >= 11 is 0. The molecule has 0 radical (unpaired) electrons. The van der Waals surface area contributed by atoms with Gasteiger partial charge in [0.1, 0.15) is 0 Å². The predicted octanol–water partition coefficient (Wildman–Crippen LogP) is 2.38. The highest BCUT2D eigenvalue weighted by Crippen LogP contribution is 2.28. The van der Waals surface area contributed by atoms with Crippen LogP contribution in [0.3, 0.4) is 0 Å². The van der Waals surface area contributed by atoms with Crippen molar-refractivity contribution in [1.82, 2.24) is 4.98 Å². The van der Waals surface area contributed by atoms with Crippen molar-refractivity contribution in [2.45, 2.75) is 6.92 Å². The van der Waals surface area contributed by atoms with E-state index in [0.29, 0.717) is 11.1 Å². The number of para-hydroxylation sites is 1. The van der Waals surface area contributed by atoms with E-state index in [-0.39, 0.29) is 10.6 Å². The van der Waals surface area contributed by atoms with Gasteiger partial charge >= 0.3 is 0 Å². The fourth-order valence-corrected chi connectivity index (χ4v) is 1.50. The minimum atomic E-state index is -0.353. The normalized spacial score (nSPS) is 10.5. The lowest BCUT2D eigenvalue weighted by atomic mass is 10.2. The van der Waals surface area contributed by atoms with Gasteiger partial charge in [-0.05, 0) is 19.1 Å². The van der Waals surface area contributed by atoms with Crippen molar-refractivity contribution in [1.29, 1.82) is 0 Å². The molecule has 1 aromatic carbocycles. The number of nitro groups is 1. The number of hydrogen-bond acceptors (Lipinski definition) is 2. The van der Waals surface area contributed by atoms with Crippen molar-refractivity contribution in [3.63, 3.8) is 0 Å². The molecule has 0 unspecified atom stereocenters. The first-order chi connectivity index (χ1) is 6.20. The Bertz CT molecular complexity index is 473. The van der Waals surface area contributed by atoms with E-state index >= 15 is 0 Å². The molecule has 0 aliphatic heterocycles. The van der Waals surface area contributed by atoms with Crippen LogP contribution in [-0.2, 0) is 0 Å². The maximum atomic E-state index is 10.7. The molecule has 0 bridgehead atoms. The van der Waals surface area contributed by atoms with Crippen LogP contribution in [0.25, 0.3) is 10.9 Å². The van der Waals surface area contributed by atoms with Gasteiger partial charge in [-0.15, -0.1) is 0 Å². The Labute approximate surface area is 74.3 Å². The summed E-state index contributed by atoms with van der Waals surface area (Å²) in [6.45, 7) is 1.71. The minimum absolute atomic E-state index is 0.176. The summed E-state index contributed by atoms with van der Waals surface area (Å²) in [5, 5.41) is 11.4. The van der Waals surface area contributed by atoms with Crippen LogP contribution in [0.5, 0.6) is 0 Å². The van der Waals surface area contributed by atoms with Crippen LogP contribution in [0.15, 0.2) is 24.3 Å². The van der Waals surface area contributed by atoms with Gasteiger partial charge in [0.2, 0.25) is 0 Å².